The van der Waals surface area contributed by atoms with Crippen LogP contribution in [0.3, 0.4) is 0 Å². The van der Waals surface area contributed by atoms with Crippen molar-refractivity contribution in [2.45, 2.75) is 43.7 Å². The van der Waals surface area contributed by atoms with Crippen molar-refractivity contribution < 1.29 is 17.7 Å². The first-order chi connectivity index (χ1) is 12.8. The lowest BCUT2D eigenvalue weighted by atomic mass is 9.96. The van der Waals surface area contributed by atoms with E-state index in [1.165, 1.54) is 0 Å². The van der Waals surface area contributed by atoms with Crippen LogP contribution in [-0.2, 0) is 6.18 Å². The van der Waals surface area contributed by atoms with E-state index in [0.29, 0.717) is 30.7 Å². The summed E-state index contributed by atoms with van der Waals surface area (Å²) in [4.78, 5) is 15.9. The Morgan fingerprint density at radius 3 is 2.33 bits per heavy atom. The van der Waals surface area contributed by atoms with Crippen molar-refractivity contribution in [2.24, 2.45) is 0 Å². The average Bonchev–Trinajstić information content (AvgIpc) is 3.38. The highest BCUT2D eigenvalue weighted by Gasteiger charge is 2.35. The number of aromatic nitrogens is 4. The van der Waals surface area contributed by atoms with E-state index in [1.807, 2.05) is 0 Å². The fourth-order valence-corrected chi connectivity index (χ4v) is 3.18. The maximum absolute atomic E-state index is 13.2. The van der Waals surface area contributed by atoms with Gasteiger partial charge in [0.15, 0.2) is 11.5 Å². The van der Waals surface area contributed by atoms with E-state index < -0.39 is 11.9 Å². The number of rotatable bonds is 4. The van der Waals surface area contributed by atoms with Gasteiger partial charge in [-0.05, 0) is 25.7 Å². The molecule has 4 rings (SSSR count). The van der Waals surface area contributed by atoms with Crippen LogP contribution in [0.25, 0.3) is 0 Å². The number of hydrogen-bond acceptors (Lipinski definition) is 7. The Balaban J connectivity index is 1.49. The van der Waals surface area contributed by atoms with Crippen LogP contribution < -0.4 is 9.80 Å². The predicted molar refractivity (Wildman–Crippen MR) is 91.8 cm³/mol. The Labute approximate surface area is 154 Å². The largest absolute Gasteiger partial charge is 0.433 e. The van der Waals surface area contributed by atoms with E-state index >= 15 is 0 Å². The summed E-state index contributed by atoms with van der Waals surface area (Å²) in [5.74, 6) is 2.33. The summed E-state index contributed by atoms with van der Waals surface area (Å²) in [6.45, 7) is 1.10. The fraction of sp³-hybridized carbons (Fsp3) is 0.647. The second-order valence-electron chi connectivity index (χ2n) is 7.33. The summed E-state index contributed by atoms with van der Waals surface area (Å²) in [5.41, 5.74) is -0.925. The topological polar surface area (TPSA) is 71.2 Å². The molecule has 1 aliphatic heterocycles. The maximum Gasteiger partial charge on any atom is 0.433 e. The zero-order valence-electron chi connectivity index (χ0n) is 15.2. The molecule has 0 amide bonds. The maximum atomic E-state index is 13.2. The van der Waals surface area contributed by atoms with Crippen molar-refractivity contribution in [3.8, 4) is 0 Å². The van der Waals surface area contributed by atoms with Gasteiger partial charge in [0.25, 0.3) is 0 Å². The zero-order chi connectivity index (χ0) is 19.2. The van der Waals surface area contributed by atoms with Crippen molar-refractivity contribution in [3.63, 3.8) is 0 Å². The lowest BCUT2D eigenvalue weighted by Gasteiger charge is -2.31. The summed E-state index contributed by atoms with van der Waals surface area (Å²) < 4.78 is 44.9. The normalized spacial score (nSPS) is 18.8. The van der Waals surface area contributed by atoms with Crippen molar-refractivity contribution in [2.75, 3.05) is 37.0 Å². The molecule has 7 nitrogen and oxygen atoms in total. The Morgan fingerprint density at radius 2 is 1.74 bits per heavy atom. The smallest absolute Gasteiger partial charge is 0.363 e. The zero-order valence-corrected chi connectivity index (χ0v) is 15.2. The Bertz CT molecular complexity index is 809. The summed E-state index contributed by atoms with van der Waals surface area (Å²) in [7, 11) is 3.32. The second kappa shape index (κ2) is 6.65. The molecule has 2 aromatic rings. The first kappa shape index (κ1) is 18.0. The van der Waals surface area contributed by atoms with Crippen LogP contribution >= 0.6 is 0 Å². The second-order valence-corrected chi connectivity index (χ2v) is 7.33. The van der Waals surface area contributed by atoms with Crippen molar-refractivity contribution in [1.29, 1.82) is 0 Å². The third-order valence-corrected chi connectivity index (χ3v) is 4.98. The lowest BCUT2D eigenvalue weighted by molar-refractivity contribution is -0.141. The van der Waals surface area contributed by atoms with Gasteiger partial charge in [0.2, 0.25) is 11.8 Å². The number of nitrogens with zero attached hydrogens (tertiary/aromatic N) is 6. The molecule has 1 saturated carbocycles. The molecule has 3 heterocycles. The van der Waals surface area contributed by atoms with E-state index in [4.69, 9.17) is 4.52 Å². The van der Waals surface area contributed by atoms with E-state index in [9.17, 15) is 13.2 Å². The minimum absolute atomic E-state index is 0.110. The first-order valence-corrected chi connectivity index (χ1v) is 9.03. The van der Waals surface area contributed by atoms with Gasteiger partial charge in [-0.15, -0.1) is 0 Å². The van der Waals surface area contributed by atoms with Crippen LogP contribution in [0.1, 0.15) is 54.9 Å². The number of hydrogen-bond donors (Lipinski definition) is 0. The highest BCUT2D eigenvalue weighted by atomic mass is 19.4. The molecule has 27 heavy (non-hydrogen) atoms. The van der Waals surface area contributed by atoms with E-state index in [1.54, 1.807) is 23.9 Å². The number of piperidine rings is 1. The minimum atomic E-state index is -4.51. The molecule has 2 aliphatic rings. The summed E-state index contributed by atoms with van der Waals surface area (Å²) >= 11 is 0. The van der Waals surface area contributed by atoms with E-state index in [2.05, 4.69) is 20.1 Å². The summed E-state index contributed by atoms with van der Waals surface area (Å²) in [5, 5.41) is 4.09. The van der Waals surface area contributed by atoms with Gasteiger partial charge >= 0.3 is 6.18 Å². The highest BCUT2D eigenvalue weighted by molar-refractivity contribution is 5.46. The van der Waals surface area contributed by atoms with Crippen LogP contribution in [0.4, 0.5) is 24.9 Å². The molecule has 0 atom stereocenters. The third kappa shape index (κ3) is 3.84. The fourth-order valence-electron chi connectivity index (χ4n) is 3.18. The van der Waals surface area contributed by atoms with E-state index in [-0.39, 0.29) is 17.7 Å². The number of halogens is 3. The average molecular weight is 382 g/mol. The first-order valence-electron chi connectivity index (χ1n) is 9.03. The van der Waals surface area contributed by atoms with Crippen molar-refractivity contribution in [1.82, 2.24) is 20.1 Å². The Hall–Kier alpha value is -2.39. The SMILES string of the molecule is CN(C)c1cc(C(F)(F)F)nc(N2CCC(c3noc(C4CC4)n3)CC2)n1. The molecule has 146 valence electrons. The Kier molecular flexibility index (Phi) is 4.43. The van der Waals surface area contributed by atoms with Gasteiger partial charge < -0.3 is 14.3 Å². The quantitative estimate of drug-likeness (QED) is 0.804. The van der Waals surface area contributed by atoms with Crippen LogP contribution in [0, 0.1) is 0 Å². The third-order valence-electron chi connectivity index (χ3n) is 4.98. The van der Waals surface area contributed by atoms with Gasteiger partial charge in [0.05, 0.1) is 0 Å². The highest BCUT2D eigenvalue weighted by Crippen LogP contribution is 2.40. The van der Waals surface area contributed by atoms with Gasteiger partial charge in [0.1, 0.15) is 5.82 Å². The molecule has 2 fully saturated rings. The number of alkyl halides is 3. The molecule has 2 aromatic heterocycles. The van der Waals surface area contributed by atoms with Crippen molar-refractivity contribution in [3.05, 3.63) is 23.5 Å². The molecule has 0 bridgehead atoms. The molecule has 0 spiro atoms. The predicted octanol–water partition coefficient (Wildman–Crippen LogP) is 3.21. The summed E-state index contributed by atoms with van der Waals surface area (Å²) in [6, 6.07) is 0.967. The molecular weight excluding hydrogens is 361 g/mol. The molecule has 1 aliphatic carbocycles. The van der Waals surface area contributed by atoms with Gasteiger partial charge in [-0.2, -0.15) is 23.1 Å². The van der Waals surface area contributed by atoms with Crippen LogP contribution in [0.2, 0.25) is 0 Å². The molecule has 0 aromatic carbocycles. The molecule has 0 radical (unpaired) electrons. The molecule has 10 heteroatoms. The van der Waals surface area contributed by atoms with E-state index in [0.717, 1.165) is 31.7 Å². The van der Waals surface area contributed by atoms with Crippen LogP contribution in [0.5, 0.6) is 0 Å². The van der Waals surface area contributed by atoms with Gasteiger partial charge in [-0.1, -0.05) is 5.16 Å². The molecule has 1 saturated heterocycles. The minimum Gasteiger partial charge on any atom is -0.363 e. The van der Waals surface area contributed by atoms with Gasteiger partial charge in [0, 0.05) is 45.1 Å². The van der Waals surface area contributed by atoms with Crippen LogP contribution in [0.15, 0.2) is 10.6 Å². The molecule has 0 unspecified atom stereocenters. The molecular formula is C17H21F3N6O. The summed E-state index contributed by atoms with van der Waals surface area (Å²) in [6.07, 6.45) is -0.867. The monoisotopic (exact) mass is 382 g/mol. The molecule has 0 N–H and O–H groups in total. The Morgan fingerprint density at radius 1 is 1.04 bits per heavy atom. The lowest BCUT2D eigenvalue weighted by Crippen LogP contribution is -2.35. The number of anilines is 2. The van der Waals surface area contributed by atoms with Gasteiger partial charge in [-0.3, -0.25) is 0 Å². The van der Waals surface area contributed by atoms with Gasteiger partial charge in [-0.25, -0.2) is 4.98 Å². The standard InChI is InChI=1S/C17H21F3N6O/c1-25(2)13-9-12(17(18,19)20)21-16(22-13)26-7-5-10(6-8-26)14-23-15(27-24-14)11-3-4-11/h9-11H,3-8H2,1-2H3. The van der Waals surface area contributed by atoms with Crippen molar-refractivity contribution >= 4 is 11.8 Å². The van der Waals surface area contributed by atoms with Crippen LogP contribution in [-0.4, -0.2) is 47.3 Å².